The zero-order valence-electron chi connectivity index (χ0n) is 8.43. The lowest BCUT2D eigenvalue weighted by atomic mass is 9.72. The monoisotopic (exact) mass is 252 g/mol. The molecule has 1 aliphatic rings. The molecule has 0 N–H and O–H groups in total. The van der Waals surface area contributed by atoms with Crippen molar-refractivity contribution >= 4 is 21.7 Å². The molecule has 1 aliphatic carbocycles. The number of carbonyl (C=O) groups is 1. The van der Waals surface area contributed by atoms with E-state index in [4.69, 9.17) is 0 Å². The molecule has 1 aromatic rings. The molecule has 2 heteroatoms. The second kappa shape index (κ2) is 3.20. The third-order valence-electron chi connectivity index (χ3n) is 3.04. The lowest BCUT2D eigenvalue weighted by Crippen LogP contribution is -2.34. The first-order valence-electron chi connectivity index (χ1n) is 4.84. The number of aryl methyl sites for hydroxylation is 1. The molecule has 1 nitrogen and oxygen atoms in total. The predicted molar refractivity (Wildman–Crippen MR) is 60.5 cm³/mol. The first kappa shape index (κ1) is 9.91. The third-order valence-corrected chi connectivity index (χ3v) is 3.70. The van der Waals surface area contributed by atoms with E-state index >= 15 is 0 Å². The van der Waals surface area contributed by atoms with Gasteiger partial charge in [0.15, 0.2) is 0 Å². The van der Waals surface area contributed by atoms with Crippen molar-refractivity contribution in [2.45, 2.75) is 32.1 Å². The molecule has 0 unspecified atom stereocenters. The molecule has 0 spiro atoms. The average Bonchev–Trinajstić information content (AvgIpc) is 2.11. The van der Waals surface area contributed by atoms with Crippen LogP contribution in [0.15, 0.2) is 22.7 Å². The Bertz CT molecular complexity index is 393. The van der Waals surface area contributed by atoms with Gasteiger partial charge >= 0.3 is 0 Å². The van der Waals surface area contributed by atoms with Crippen LogP contribution in [0.1, 0.15) is 31.4 Å². The highest BCUT2D eigenvalue weighted by atomic mass is 79.9. The number of fused-ring (bicyclic) bond motifs is 1. The van der Waals surface area contributed by atoms with Gasteiger partial charge in [-0.1, -0.05) is 28.1 Å². The van der Waals surface area contributed by atoms with Gasteiger partial charge in [0, 0.05) is 16.3 Å². The van der Waals surface area contributed by atoms with Gasteiger partial charge in [-0.3, -0.25) is 4.79 Å². The molecule has 0 radical (unpaired) electrons. The molecule has 0 saturated carbocycles. The summed E-state index contributed by atoms with van der Waals surface area (Å²) >= 11 is 3.53. The second-order valence-electron chi connectivity index (χ2n) is 4.32. The lowest BCUT2D eigenvalue weighted by Gasteiger charge is -2.31. The fourth-order valence-electron chi connectivity index (χ4n) is 2.18. The van der Waals surface area contributed by atoms with Crippen LogP contribution in [0.5, 0.6) is 0 Å². The van der Waals surface area contributed by atoms with Crippen molar-refractivity contribution in [2.24, 2.45) is 0 Å². The smallest absolute Gasteiger partial charge is 0.143 e. The minimum Gasteiger partial charge on any atom is -0.299 e. The second-order valence-corrected chi connectivity index (χ2v) is 5.18. The Kier molecular flexibility index (Phi) is 2.26. The minimum atomic E-state index is -0.326. The van der Waals surface area contributed by atoms with Gasteiger partial charge in [-0.15, -0.1) is 0 Å². The summed E-state index contributed by atoms with van der Waals surface area (Å²) in [5.74, 6) is 0.344. The van der Waals surface area contributed by atoms with Crippen LogP contribution in [-0.4, -0.2) is 5.78 Å². The normalized spacial score (nSPS) is 19.2. The van der Waals surface area contributed by atoms with Crippen molar-refractivity contribution in [3.63, 3.8) is 0 Å². The van der Waals surface area contributed by atoms with E-state index in [-0.39, 0.29) is 5.41 Å². The van der Waals surface area contributed by atoms with Crippen molar-refractivity contribution in [3.8, 4) is 0 Å². The standard InChI is InChI=1S/C12H13BrO/c1-12(2)10(14)7-6-8-4-3-5-9(13)11(8)12/h3-5H,6-7H2,1-2H3. The number of benzene rings is 1. The predicted octanol–water partition coefficient (Wildman–Crippen LogP) is 3.24. The Hall–Kier alpha value is -0.630. The number of hydrogen-bond donors (Lipinski definition) is 0. The van der Waals surface area contributed by atoms with Crippen molar-refractivity contribution in [1.82, 2.24) is 0 Å². The van der Waals surface area contributed by atoms with Gasteiger partial charge in [0.05, 0.1) is 0 Å². The van der Waals surface area contributed by atoms with E-state index in [2.05, 4.69) is 22.0 Å². The van der Waals surface area contributed by atoms with Crippen LogP contribution in [0.4, 0.5) is 0 Å². The fourth-order valence-corrected chi connectivity index (χ4v) is 3.08. The Labute approximate surface area is 92.6 Å². The molecule has 0 fully saturated rings. The first-order valence-corrected chi connectivity index (χ1v) is 5.64. The van der Waals surface area contributed by atoms with Crippen LogP contribution in [0, 0.1) is 0 Å². The summed E-state index contributed by atoms with van der Waals surface area (Å²) in [5.41, 5.74) is 2.16. The van der Waals surface area contributed by atoms with Crippen LogP contribution < -0.4 is 0 Å². The van der Waals surface area contributed by atoms with Gasteiger partial charge < -0.3 is 0 Å². The summed E-state index contributed by atoms with van der Waals surface area (Å²) in [4.78, 5) is 11.8. The summed E-state index contributed by atoms with van der Waals surface area (Å²) in [5, 5.41) is 0. The number of halogens is 1. The number of rotatable bonds is 0. The average molecular weight is 253 g/mol. The number of carbonyl (C=O) groups excluding carboxylic acids is 1. The molecule has 0 aliphatic heterocycles. The summed E-state index contributed by atoms with van der Waals surface area (Å²) in [6.07, 6.45) is 1.56. The fraction of sp³-hybridized carbons (Fsp3) is 0.417. The van der Waals surface area contributed by atoms with Gasteiger partial charge in [-0.2, -0.15) is 0 Å². The zero-order chi connectivity index (χ0) is 10.3. The molecule has 74 valence electrons. The largest absolute Gasteiger partial charge is 0.299 e. The minimum absolute atomic E-state index is 0.326. The highest BCUT2D eigenvalue weighted by molar-refractivity contribution is 9.10. The van der Waals surface area contributed by atoms with E-state index in [1.54, 1.807) is 0 Å². The van der Waals surface area contributed by atoms with Crippen LogP contribution in [-0.2, 0) is 16.6 Å². The van der Waals surface area contributed by atoms with E-state index in [0.717, 1.165) is 10.9 Å². The van der Waals surface area contributed by atoms with E-state index in [0.29, 0.717) is 12.2 Å². The van der Waals surface area contributed by atoms with Gasteiger partial charge in [0.1, 0.15) is 5.78 Å². The van der Waals surface area contributed by atoms with Crippen molar-refractivity contribution < 1.29 is 4.79 Å². The summed E-state index contributed by atoms with van der Waals surface area (Å²) < 4.78 is 1.06. The Morgan fingerprint density at radius 2 is 2.00 bits per heavy atom. The van der Waals surface area contributed by atoms with Crippen LogP contribution >= 0.6 is 15.9 Å². The van der Waals surface area contributed by atoms with E-state index in [1.165, 1.54) is 11.1 Å². The van der Waals surface area contributed by atoms with Gasteiger partial charge in [0.2, 0.25) is 0 Å². The molecular formula is C12H13BrO. The Morgan fingerprint density at radius 1 is 1.29 bits per heavy atom. The van der Waals surface area contributed by atoms with Crippen LogP contribution in [0.25, 0.3) is 0 Å². The molecule has 0 atom stereocenters. The van der Waals surface area contributed by atoms with Crippen molar-refractivity contribution in [1.29, 1.82) is 0 Å². The highest BCUT2D eigenvalue weighted by Gasteiger charge is 2.36. The molecule has 2 rings (SSSR count). The third kappa shape index (κ3) is 1.33. The van der Waals surface area contributed by atoms with E-state index in [9.17, 15) is 4.79 Å². The summed E-state index contributed by atoms with van der Waals surface area (Å²) in [6.45, 7) is 4.02. The maximum Gasteiger partial charge on any atom is 0.143 e. The van der Waals surface area contributed by atoms with Crippen LogP contribution in [0.2, 0.25) is 0 Å². The quantitative estimate of drug-likeness (QED) is 0.693. The topological polar surface area (TPSA) is 17.1 Å². The molecule has 14 heavy (non-hydrogen) atoms. The molecule has 0 heterocycles. The van der Waals surface area contributed by atoms with Crippen molar-refractivity contribution in [3.05, 3.63) is 33.8 Å². The number of hydrogen-bond acceptors (Lipinski definition) is 1. The zero-order valence-corrected chi connectivity index (χ0v) is 10.0. The maximum absolute atomic E-state index is 11.8. The number of ketones is 1. The van der Waals surface area contributed by atoms with Gasteiger partial charge in [0.25, 0.3) is 0 Å². The maximum atomic E-state index is 11.8. The molecule has 0 saturated heterocycles. The molecule has 0 aromatic heterocycles. The summed E-state index contributed by atoms with van der Waals surface area (Å²) in [7, 11) is 0. The molecule has 1 aromatic carbocycles. The van der Waals surface area contributed by atoms with Gasteiger partial charge in [-0.25, -0.2) is 0 Å². The molecular weight excluding hydrogens is 240 g/mol. The molecule has 0 amide bonds. The van der Waals surface area contributed by atoms with Crippen molar-refractivity contribution in [2.75, 3.05) is 0 Å². The SMILES string of the molecule is CC1(C)C(=O)CCc2cccc(Br)c21. The number of Topliss-reactive ketones (excluding diaryl/α,β-unsaturated/α-hetero) is 1. The lowest BCUT2D eigenvalue weighted by molar-refractivity contribution is -0.124. The first-order chi connectivity index (χ1) is 6.53. The Morgan fingerprint density at radius 3 is 2.71 bits per heavy atom. The van der Waals surface area contributed by atoms with E-state index in [1.807, 2.05) is 26.0 Å². The summed E-state index contributed by atoms with van der Waals surface area (Å²) in [6, 6.07) is 6.17. The molecule has 0 bridgehead atoms. The van der Waals surface area contributed by atoms with Crippen LogP contribution in [0.3, 0.4) is 0 Å². The van der Waals surface area contributed by atoms with E-state index < -0.39 is 0 Å². The Balaban J connectivity index is 2.67. The highest BCUT2D eigenvalue weighted by Crippen LogP contribution is 2.38. The van der Waals surface area contributed by atoms with Gasteiger partial charge in [-0.05, 0) is 37.5 Å².